The van der Waals surface area contributed by atoms with Crippen LogP contribution in [0.1, 0.15) is 64.9 Å². The molecule has 2 bridgehead atoms. The zero-order valence-corrected chi connectivity index (χ0v) is 17.8. The molecule has 4 atom stereocenters. The maximum Gasteiger partial charge on any atom is 0.411 e. The number of fused-ring (bicyclic) bond motifs is 3. The lowest BCUT2D eigenvalue weighted by Crippen LogP contribution is -2.64. The molecule has 1 aromatic carbocycles. The predicted octanol–water partition coefficient (Wildman–Crippen LogP) is 4.93. The van der Waals surface area contributed by atoms with E-state index >= 15 is 0 Å². The number of hydrogen-bond acceptors (Lipinski definition) is 4. The van der Waals surface area contributed by atoms with Gasteiger partial charge in [0.2, 0.25) is 0 Å². The van der Waals surface area contributed by atoms with Gasteiger partial charge >= 0.3 is 12.1 Å². The Labute approximate surface area is 173 Å². The van der Waals surface area contributed by atoms with Crippen molar-refractivity contribution in [2.45, 2.75) is 83.6 Å². The van der Waals surface area contributed by atoms with Crippen molar-refractivity contribution in [1.82, 2.24) is 4.90 Å². The summed E-state index contributed by atoms with van der Waals surface area (Å²) in [6, 6.07) is 9.25. The summed E-state index contributed by atoms with van der Waals surface area (Å²) in [7, 11) is 0. The van der Waals surface area contributed by atoms with Gasteiger partial charge < -0.3 is 9.47 Å². The van der Waals surface area contributed by atoms with Crippen molar-refractivity contribution < 1.29 is 19.1 Å². The summed E-state index contributed by atoms with van der Waals surface area (Å²) in [6.45, 7) is 5.85. The van der Waals surface area contributed by atoms with Crippen LogP contribution in [0.4, 0.5) is 4.79 Å². The molecule has 1 aromatic rings. The van der Waals surface area contributed by atoms with Crippen molar-refractivity contribution in [3.05, 3.63) is 35.9 Å². The number of esters is 1. The first-order chi connectivity index (χ1) is 13.8. The number of carbonyl (C=O) groups is 2. The molecule has 0 N–H and O–H groups in total. The van der Waals surface area contributed by atoms with Gasteiger partial charge in [0.25, 0.3) is 0 Å². The van der Waals surface area contributed by atoms with Gasteiger partial charge in [-0.05, 0) is 69.8 Å². The Morgan fingerprint density at radius 1 is 1.07 bits per heavy atom. The van der Waals surface area contributed by atoms with E-state index in [4.69, 9.17) is 9.47 Å². The fraction of sp³-hybridized carbons (Fsp3) is 0.667. The smallest absolute Gasteiger partial charge is 0.411 e. The van der Waals surface area contributed by atoms with Crippen LogP contribution in [0.25, 0.3) is 0 Å². The molecule has 158 valence electrons. The Kier molecular flexibility index (Phi) is 5.58. The fourth-order valence-electron chi connectivity index (χ4n) is 5.09. The summed E-state index contributed by atoms with van der Waals surface area (Å²) in [5, 5.41) is 0. The molecule has 0 spiro atoms. The minimum atomic E-state index is -0.585. The first-order valence-electron chi connectivity index (χ1n) is 11.0. The molecule has 2 saturated heterocycles. The SMILES string of the molecule is CC(C)(C)OC(=O)N1[C@H](C(=O)OCc2ccccc2)[C@@H]2CC[C@H]1[C@H](CC1CC1)C2. The molecule has 4 fully saturated rings. The van der Waals surface area contributed by atoms with Gasteiger partial charge in [-0.1, -0.05) is 43.2 Å². The normalized spacial score (nSPS) is 28.9. The molecule has 29 heavy (non-hydrogen) atoms. The van der Waals surface area contributed by atoms with Crippen LogP contribution in [0.3, 0.4) is 0 Å². The molecule has 1 amide bonds. The summed E-state index contributed by atoms with van der Waals surface area (Å²) >= 11 is 0. The number of benzene rings is 1. The summed E-state index contributed by atoms with van der Waals surface area (Å²) in [6.07, 6.45) is 6.39. The number of amides is 1. The van der Waals surface area contributed by atoms with Gasteiger partial charge in [-0.15, -0.1) is 0 Å². The van der Waals surface area contributed by atoms with Crippen molar-refractivity contribution in [3.8, 4) is 0 Å². The molecular formula is C24H33NO4. The van der Waals surface area contributed by atoms with E-state index < -0.39 is 11.6 Å². The topological polar surface area (TPSA) is 55.8 Å². The minimum Gasteiger partial charge on any atom is -0.459 e. The van der Waals surface area contributed by atoms with Crippen LogP contribution in [-0.2, 0) is 20.9 Å². The molecular weight excluding hydrogens is 366 g/mol. The molecule has 0 radical (unpaired) electrons. The average molecular weight is 400 g/mol. The molecule has 4 aliphatic rings. The summed E-state index contributed by atoms with van der Waals surface area (Å²) < 4.78 is 11.4. The number of piperidine rings is 2. The number of rotatable bonds is 5. The van der Waals surface area contributed by atoms with E-state index in [0.29, 0.717) is 5.92 Å². The highest BCUT2D eigenvalue weighted by molar-refractivity contribution is 5.83. The highest BCUT2D eigenvalue weighted by Crippen LogP contribution is 2.49. The number of nitrogens with zero attached hydrogens (tertiary/aromatic N) is 1. The van der Waals surface area contributed by atoms with Crippen LogP contribution in [0.5, 0.6) is 0 Å². The third kappa shape index (κ3) is 4.76. The molecule has 0 unspecified atom stereocenters. The van der Waals surface area contributed by atoms with Crippen LogP contribution >= 0.6 is 0 Å². The zero-order valence-electron chi connectivity index (χ0n) is 17.8. The Morgan fingerprint density at radius 3 is 2.45 bits per heavy atom. The molecule has 5 nitrogen and oxygen atoms in total. The Morgan fingerprint density at radius 2 is 1.79 bits per heavy atom. The van der Waals surface area contributed by atoms with Crippen LogP contribution < -0.4 is 0 Å². The Hall–Kier alpha value is -2.04. The Bertz CT molecular complexity index is 737. The van der Waals surface area contributed by atoms with Crippen molar-refractivity contribution >= 4 is 12.1 Å². The average Bonchev–Trinajstić information content (AvgIpc) is 3.49. The van der Waals surface area contributed by atoms with E-state index in [1.54, 1.807) is 4.90 Å². The van der Waals surface area contributed by atoms with E-state index in [2.05, 4.69) is 0 Å². The highest BCUT2D eigenvalue weighted by atomic mass is 16.6. The fourth-order valence-corrected chi connectivity index (χ4v) is 5.09. The van der Waals surface area contributed by atoms with E-state index in [1.807, 2.05) is 51.1 Å². The van der Waals surface area contributed by atoms with Gasteiger partial charge in [0.1, 0.15) is 18.2 Å². The number of hydrogen-bond donors (Lipinski definition) is 0. The second kappa shape index (κ2) is 8.00. The first kappa shape index (κ1) is 20.2. The van der Waals surface area contributed by atoms with E-state index in [-0.39, 0.29) is 30.6 Å². The van der Waals surface area contributed by atoms with Crippen molar-refractivity contribution in [2.75, 3.05) is 0 Å². The lowest BCUT2D eigenvalue weighted by molar-refractivity contribution is -0.163. The molecule has 5 heteroatoms. The van der Waals surface area contributed by atoms with E-state index in [9.17, 15) is 9.59 Å². The quantitative estimate of drug-likeness (QED) is 0.659. The maximum atomic E-state index is 13.1. The zero-order chi connectivity index (χ0) is 20.6. The van der Waals surface area contributed by atoms with Crippen LogP contribution in [-0.4, -0.2) is 34.6 Å². The maximum absolute atomic E-state index is 13.1. The van der Waals surface area contributed by atoms with Crippen molar-refractivity contribution in [3.63, 3.8) is 0 Å². The van der Waals surface area contributed by atoms with Crippen molar-refractivity contribution in [1.29, 1.82) is 0 Å². The van der Waals surface area contributed by atoms with Crippen LogP contribution in [0, 0.1) is 17.8 Å². The molecule has 0 aromatic heterocycles. The third-order valence-corrected chi connectivity index (χ3v) is 6.49. The van der Waals surface area contributed by atoms with E-state index in [0.717, 1.165) is 30.7 Å². The van der Waals surface area contributed by atoms with Gasteiger partial charge in [0, 0.05) is 6.04 Å². The molecule has 2 heterocycles. The van der Waals surface area contributed by atoms with Gasteiger partial charge in [-0.25, -0.2) is 9.59 Å². The van der Waals surface area contributed by atoms with Crippen LogP contribution in [0.2, 0.25) is 0 Å². The first-order valence-corrected chi connectivity index (χ1v) is 11.0. The number of carbonyl (C=O) groups excluding carboxylic acids is 2. The molecule has 2 aliphatic carbocycles. The Balaban J connectivity index is 1.51. The second-order valence-corrected chi connectivity index (χ2v) is 10.0. The predicted molar refractivity (Wildman–Crippen MR) is 110 cm³/mol. The summed E-state index contributed by atoms with van der Waals surface area (Å²) in [4.78, 5) is 28.0. The minimum absolute atomic E-state index is 0.0877. The van der Waals surface area contributed by atoms with Crippen LogP contribution in [0.15, 0.2) is 30.3 Å². The van der Waals surface area contributed by atoms with Gasteiger partial charge in [-0.2, -0.15) is 0 Å². The lowest BCUT2D eigenvalue weighted by Gasteiger charge is -2.53. The monoisotopic (exact) mass is 399 g/mol. The number of ether oxygens (including phenoxy) is 2. The summed E-state index contributed by atoms with van der Waals surface area (Å²) in [5.74, 6) is 1.16. The third-order valence-electron chi connectivity index (χ3n) is 6.49. The molecule has 5 rings (SSSR count). The van der Waals surface area contributed by atoms with Gasteiger partial charge in [0.15, 0.2) is 0 Å². The van der Waals surface area contributed by atoms with Crippen molar-refractivity contribution in [2.24, 2.45) is 17.8 Å². The van der Waals surface area contributed by atoms with Gasteiger partial charge in [0.05, 0.1) is 0 Å². The summed E-state index contributed by atoms with van der Waals surface area (Å²) in [5.41, 5.74) is 0.371. The van der Waals surface area contributed by atoms with E-state index in [1.165, 1.54) is 19.3 Å². The second-order valence-electron chi connectivity index (χ2n) is 10.0. The standard InChI is InChI=1S/C24H33NO4/c1-24(2,3)29-23(27)25-20-12-11-18(14-19(20)13-16-9-10-16)21(25)22(26)28-15-17-7-5-4-6-8-17/h4-8,16,18-21H,9-15H2,1-3H3/t18-,19-,20+,21+/m1/s1. The largest absolute Gasteiger partial charge is 0.459 e. The highest BCUT2D eigenvalue weighted by Gasteiger charge is 2.54. The molecule has 2 aliphatic heterocycles. The molecule has 2 saturated carbocycles. The lowest BCUT2D eigenvalue weighted by atomic mass is 9.67. The van der Waals surface area contributed by atoms with Gasteiger partial charge in [-0.3, -0.25) is 4.90 Å².